The van der Waals surface area contributed by atoms with Crippen LogP contribution in [-0.2, 0) is 9.53 Å². The van der Waals surface area contributed by atoms with Crippen LogP contribution >= 0.6 is 0 Å². The van der Waals surface area contributed by atoms with Gasteiger partial charge in [0.2, 0.25) is 5.91 Å². The van der Waals surface area contributed by atoms with E-state index < -0.39 is 12.1 Å². The average molecular weight is 491 g/mol. The van der Waals surface area contributed by atoms with Gasteiger partial charge in [-0.25, -0.2) is 23.9 Å². The highest BCUT2D eigenvalue weighted by molar-refractivity contribution is 6.03. The molecule has 2 fully saturated rings. The molecule has 0 aromatic carbocycles. The van der Waals surface area contributed by atoms with Crippen molar-refractivity contribution in [1.82, 2.24) is 24.6 Å². The summed E-state index contributed by atoms with van der Waals surface area (Å²) in [5.41, 5.74) is 2.46. The number of pyridine rings is 3. The third kappa shape index (κ3) is 4.09. The van der Waals surface area contributed by atoms with Crippen LogP contribution in [0.2, 0.25) is 0 Å². The molecule has 36 heavy (non-hydrogen) atoms. The summed E-state index contributed by atoms with van der Waals surface area (Å²) in [6.07, 6.45) is 4.81. The van der Waals surface area contributed by atoms with Crippen LogP contribution in [0.1, 0.15) is 20.3 Å². The third-order valence-electron chi connectivity index (χ3n) is 6.65. The molecule has 1 aliphatic heterocycles. The van der Waals surface area contributed by atoms with Gasteiger partial charge in [0.1, 0.15) is 17.8 Å². The zero-order chi connectivity index (χ0) is 25.0. The second-order valence-electron chi connectivity index (χ2n) is 9.52. The van der Waals surface area contributed by atoms with Crippen molar-refractivity contribution in [3.05, 3.63) is 36.8 Å². The number of nitrogens with one attached hydrogen (secondary N) is 2. The number of morpholine rings is 1. The summed E-state index contributed by atoms with van der Waals surface area (Å²) in [5, 5.41) is 12.1. The Balaban J connectivity index is 1.38. The van der Waals surface area contributed by atoms with E-state index in [1.165, 1.54) is 0 Å². The van der Waals surface area contributed by atoms with Crippen molar-refractivity contribution in [2.24, 2.45) is 5.92 Å². The minimum Gasteiger partial charge on any atom is -0.373 e. The summed E-state index contributed by atoms with van der Waals surface area (Å²) in [4.78, 5) is 28.2. The molecule has 0 radical (unpaired) electrons. The van der Waals surface area contributed by atoms with E-state index in [2.05, 4.69) is 39.3 Å². The molecule has 186 valence electrons. The summed E-state index contributed by atoms with van der Waals surface area (Å²) in [7, 11) is 1.78. The average Bonchev–Trinajstić information content (AvgIpc) is 3.44. The maximum absolute atomic E-state index is 13.3. The molecule has 2 aliphatic rings. The minimum absolute atomic E-state index is 0.151. The van der Waals surface area contributed by atoms with Crippen molar-refractivity contribution in [2.75, 3.05) is 35.7 Å². The van der Waals surface area contributed by atoms with Crippen LogP contribution in [-0.4, -0.2) is 69.0 Å². The largest absolute Gasteiger partial charge is 0.373 e. The lowest BCUT2D eigenvalue weighted by molar-refractivity contribution is -0.117. The number of amides is 1. The first-order valence-corrected chi connectivity index (χ1v) is 12.1. The molecule has 4 aromatic rings. The molecular weight excluding hydrogens is 463 g/mol. The van der Waals surface area contributed by atoms with E-state index in [4.69, 9.17) is 14.8 Å². The van der Waals surface area contributed by atoms with E-state index in [1.807, 2.05) is 18.3 Å². The predicted octanol–water partition coefficient (Wildman–Crippen LogP) is 3.29. The first-order chi connectivity index (χ1) is 17.4. The number of carbonyl (C=O) groups excluding carboxylic acids is 1. The molecule has 1 aliphatic carbocycles. The number of ether oxygens (including phenoxy) is 1. The molecule has 5 heterocycles. The van der Waals surface area contributed by atoms with E-state index in [9.17, 15) is 9.18 Å². The summed E-state index contributed by atoms with van der Waals surface area (Å²) in [6.45, 7) is 5.77. The van der Waals surface area contributed by atoms with Crippen molar-refractivity contribution < 1.29 is 13.9 Å². The zero-order valence-corrected chi connectivity index (χ0v) is 20.3. The van der Waals surface area contributed by atoms with Crippen molar-refractivity contribution >= 4 is 39.6 Å². The van der Waals surface area contributed by atoms with Crippen molar-refractivity contribution in [1.29, 1.82) is 0 Å². The van der Waals surface area contributed by atoms with Crippen LogP contribution < -0.4 is 15.5 Å². The molecule has 6 rings (SSSR count). The van der Waals surface area contributed by atoms with Crippen LogP contribution in [0.4, 0.5) is 21.7 Å². The number of halogens is 1. The fourth-order valence-corrected chi connectivity index (χ4v) is 4.80. The van der Waals surface area contributed by atoms with Crippen molar-refractivity contribution in [3.8, 4) is 11.4 Å². The van der Waals surface area contributed by atoms with Crippen molar-refractivity contribution in [2.45, 2.75) is 38.6 Å². The van der Waals surface area contributed by atoms with E-state index >= 15 is 0 Å². The Morgan fingerprint density at radius 1 is 1.14 bits per heavy atom. The lowest BCUT2D eigenvalue weighted by Crippen LogP contribution is -2.45. The number of rotatable bonds is 5. The highest BCUT2D eigenvalue weighted by Crippen LogP contribution is 2.36. The second-order valence-corrected chi connectivity index (χ2v) is 9.52. The molecule has 1 saturated heterocycles. The van der Waals surface area contributed by atoms with Gasteiger partial charge >= 0.3 is 0 Å². The first kappa shape index (κ1) is 22.6. The molecule has 0 unspecified atom stereocenters. The quantitative estimate of drug-likeness (QED) is 0.439. The molecule has 11 heteroatoms. The smallest absolute Gasteiger partial charge is 0.231 e. The Labute approximate surface area is 206 Å². The van der Waals surface area contributed by atoms with Gasteiger partial charge in [0, 0.05) is 48.9 Å². The van der Waals surface area contributed by atoms with E-state index in [0.29, 0.717) is 28.7 Å². The van der Waals surface area contributed by atoms with E-state index in [-0.39, 0.29) is 24.5 Å². The van der Waals surface area contributed by atoms with Gasteiger partial charge in [0.25, 0.3) is 0 Å². The monoisotopic (exact) mass is 490 g/mol. The number of carbonyl (C=O) groups is 1. The number of aromatic nitrogens is 5. The van der Waals surface area contributed by atoms with E-state index in [1.54, 1.807) is 30.0 Å². The Bertz CT molecular complexity index is 1460. The summed E-state index contributed by atoms with van der Waals surface area (Å²) in [5.74, 6) is 0.544. The maximum atomic E-state index is 13.3. The maximum Gasteiger partial charge on any atom is 0.231 e. The van der Waals surface area contributed by atoms with Crippen molar-refractivity contribution in [3.63, 3.8) is 0 Å². The van der Waals surface area contributed by atoms with Gasteiger partial charge in [-0.2, -0.15) is 0 Å². The minimum atomic E-state index is -1.07. The molecule has 0 spiro atoms. The van der Waals surface area contributed by atoms with Crippen LogP contribution in [0.3, 0.4) is 0 Å². The highest BCUT2D eigenvalue weighted by Gasteiger charge is 2.43. The Kier molecular flexibility index (Phi) is 5.44. The number of fused-ring (bicyclic) bond motifs is 2. The third-order valence-corrected chi connectivity index (χ3v) is 6.65. The second kappa shape index (κ2) is 8.66. The highest BCUT2D eigenvalue weighted by atomic mass is 19.1. The summed E-state index contributed by atoms with van der Waals surface area (Å²) < 4.78 is 21.0. The van der Waals surface area contributed by atoms with Gasteiger partial charge in [0.05, 0.1) is 30.0 Å². The fourth-order valence-electron chi connectivity index (χ4n) is 4.80. The van der Waals surface area contributed by atoms with Gasteiger partial charge in [-0.05, 0) is 38.5 Å². The standard InChI is InChI=1S/C25H27FN8O2/c1-13-10-33(11-14(2)36-13)15-4-5-22-31-24(32-34(22)12-15)19-9-29-23(27-3)18-8-28-21(7-16(18)19)30-25(35)17-6-20(17)26/h4-5,7-9,12-14,17,20H,6,10-11H2,1-3H3,(H,27,29)(H,28,30,35)/t13-,14+,17-,20+/m1/s1. The van der Waals surface area contributed by atoms with Gasteiger partial charge < -0.3 is 20.3 Å². The topological polar surface area (TPSA) is 110 Å². The Morgan fingerprint density at radius 3 is 2.64 bits per heavy atom. The molecular formula is C25H27FN8O2. The molecule has 1 amide bonds. The van der Waals surface area contributed by atoms with E-state index in [0.717, 1.165) is 29.5 Å². The number of nitrogens with zero attached hydrogens (tertiary/aromatic N) is 6. The van der Waals surface area contributed by atoms with Gasteiger partial charge in [0.15, 0.2) is 11.5 Å². The Morgan fingerprint density at radius 2 is 1.92 bits per heavy atom. The molecule has 1 saturated carbocycles. The zero-order valence-electron chi connectivity index (χ0n) is 20.3. The van der Waals surface area contributed by atoms with Crippen LogP contribution in [0.5, 0.6) is 0 Å². The molecule has 10 nitrogen and oxygen atoms in total. The fraction of sp³-hybridized carbons (Fsp3) is 0.400. The van der Waals surface area contributed by atoms with Crippen LogP contribution in [0.25, 0.3) is 27.8 Å². The first-order valence-electron chi connectivity index (χ1n) is 12.1. The lowest BCUT2D eigenvalue weighted by Gasteiger charge is -2.36. The summed E-state index contributed by atoms with van der Waals surface area (Å²) >= 11 is 0. The lowest BCUT2D eigenvalue weighted by atomic mass is 10.1. The SMILES string of the molecule is CNc1ncc(-c2nc3ccc(N4C[C@@H](C)O[C@@H](C)C4)cn3n2)c2cc(NC(=O)[C@@H]3C[C@@H]3F)ncc12. The van der Waals surface area contributed by atoms with Gasteiger partial charge in [-0.3, -0.25) is 4.79 Å². The van der Waals surface area contributed by atoms with Gasteiger partial charge in [-0.1, -0.05) is 0 Å². The summed E-state index contributed by atoms with van der Waals surface area (Å²) in [6, 6.07) is 5.76. The number of anilines is 3. The molecule has 4 atom stereocenters. The normalized spacial score (nSPS) is 23.7. The number of hydrogen-bond donors (Lipinski definition) is 2. The number of hydrogen-bond acceptors (Lipinski definition) is 8. The predicted molar refractivity (Wildman–Crippen MR) is 135 cm³/mol. The van der Waals surface area contributed by atoms with Gasteiger partial charge in [-0.15, -0.1) is 5.10 Å². The van der Waals surface area contributed by atoms with Crippen LogP contribution in [0, 0.1) is 5.92 Å². The Hall–Kier alpha value is -3.86. The molecule has 2 N–H and O–H groups in total. The number of alkyl halides is 1. The van der Waals surface area contributed by atoms with Crippen LogP contribution in [0.15, 0.2) is 36.8 Å². The molecule has 0 bridgehead atoms. The molecule has 4 aromatic heterocycles.